The smallest absolute Gasteiger partial charge is 0.264 e. The first kappa shape index (κ1) is 34.2. The minimum Gasteiger partial charge on any atom is -0.497 e. The van der Waals surface area contributed by atoms with Gasteiger partial charge in [-0.1, -0.05) is 86.1 Å². The Morgan fingerprint density at radius 3 is 2.22 bits per heavy atom. The van der Waals surface area contributed by atoms with E-state index in [9.17, 15) is 18.0 Å². The molecule has 0 aromatic heterocycles. The number of aryl methyl sites for hydroxylation is 1. The summed E-state index contributed by atoms with van der Waals surface area (Å²) < 4.78 is 49.7. The van der Waals surface area contributed by atoms with Crippen molar-refractivity contribution in [2.75, 3.05) is 24.5 Å². The number of rotatable bonds is 14. The summed E-state index contributed by atoms with van der Waals surface area (Å²) in [7, 11) is -2.81. The largest absolute Gasteiger partial charge is 0.497 e. The van der Waals surface area contributed by atoms with E-state index in [-0.39, 0.29) is 35.0 Å². The highest BCUT2D eigenvalue weighted by Gasteiger charge is 2.35. The van der Waals surface area contributed by atoms with Crippen LogP contribution in [0.1, 0.15) is 30.5 Å². The third kappa shape index (κ3) is 8.72. The quantitative estimate of drug-likeness (QED) is 0.189. The Bertz CT molecular complexity index is 1730. The number of sulfonamides is 1. The lowest BCUT2D eigenvalue weighted by atomic mass is 10.0. The lowest BCUT2D eigenvalue weighted by Gasteiger charge is -2.34. The number of hydrogen-bond acceptors (Lipinski definition) is 5. The fourth-order valence-corrected chi connectivity index (χ4v) is 6.32. The highest BCUT2D eigenvalue weighted by molar-refractivity contribution is 7.92. The minimum absolute atomic E-state index is 0.00937. The summed E-state index contributed by atoms with van der Waals surface area (Å²) in [6.07, 6.45) is 0.134. The van der Waals surface area contributed by atoms with E-state index >= 15 is 4.39 Å². The van der Waals surface area contributed by atoms with Gasteiger partial charge < -0.3 is 15.0 Å². The average molecular weight is 646 g/mol. The Balaban J connectivity index is 1.82. The van der Waals surface area contributed by atoms with Crippen LogP contribution in [0.25, 0.3) is 0 Å². The van der Waals surface area contributed by atoms with Crippen LogP contribution in [0.5, 0.6) is 5.75 Å². The van der Waals surface area contributed by atoms with E-state index < -0.39 is 40.2 Å². The molecule has 2 amide bonds. The maximum Gasteiger partial charge on any atom is 0.264 e. The second-order valence-electron chi connectivity index (χ2n) is 11.5. The van der Waals surface area contributed by atoms with Crippen LogP contribution in [-0.2, 0) is 32.6 Å². The molecule has 0 aliphatic carbocycles. The van der Waals surface area contributed by atoms with E-state index in [1.165, 1.54) is 36.3 Å². The van der Waals surface area contributed by atoms with Crippen molar-refractivity contribution in [1.82, 2.24) is 10.2 Å². The monoisotopic (exact) mass is 645 g/mol. The number of amides is 2. The zero-order valence-corrected chi connectivity index (χ0v) is 27.3. The highest BCUT2D eigenvalue weighted by atomic mass is 32.2. The molecule has 4 aromatic carbocycles. The Morgan fingerprint density at radius 1 is 0.891 bits per heavy atom. The number of carbonyl (C=O) groups is 2. The Morgan fingerprint density at radius 2 is 1.57 bits per heavy atom. The van der Waals surface area contributed by atoms with E-state index in [2.05, 4.69) is 5.32 Å². The average Bonchev–Trinajstić information content (AvgIpc) is 3.05. The topological polar surface area (TPSA) is 96.0 Å². The number of anilines is 1. The van der Waals surface area contributed by atoms with Crippen LogP contribution in [-0.4, -0.2) is 51.4 Å². The summed E-state index contributed by atoms with van der Waals surface area (Å²) in [6.45, 7) is 5.21. The summed E-state index contributed by atoms with van der Waals surface area (Å²) in [5.74, 6) is -1.11. The van der Waals surface area contributed by atoms with Gasteiger partial charge in [-0.3, -0.25) is 13.9 Å². The maximum atomic E-state index is 15.1. The van der Waals surface area contributed by atoms with Crippen LogP contribution >= 0.6 is 0 Å². The number of ether oxygens (including phenoxy) is 1. The first-order valence-electron chi connectivity index (χ1n) is 15.1. The molecule has 0 heterocycles. The molecule has 0 aliphatic rings. The van der Waals surface area contributed by atoms with Crippen molar-refractivity contribution in [3.05, 3.63) is 126 Å². The molecule has 0 saturated carbocycles. The third-order valence-electron chi connectivity index (χ3n) is 7.48. The van der Waals surface area contributed by atoms with Crippen LogP contribution in [0.4, 0.5) is 10.1 Å². The molecule has 1 N–H and O–H groups in total. The summed E-state index contributed by atoms with van der Waals surface area (Å²) in [5.41, 5.74) is 2.05. The summed E-state index contributed by atoms with van der Waals surface area (Å²) in [4.78, 5) is 29.6. The molecule has 46 heavy (non-hydrogen) atoms. The number of benzene rings is 4. The standard InChI is InChI=1S/C36H40FN3O5S/c1-26(2)23-38-36(42)34(21-28-11-6-5-7-12-28)39(24-29-13-8-9-16-33(29)37)35(41)25-40(30-14-10-15-31(22-30)45-4)46(43,44)32-19-17-27(3)18-20-32/h5-20,22,26,34H,21,23-25H2,1-4H3,(H,38,42)/t34-/m1/s1. The molecule has 4 aromatic rings. The number of carbonyl (C=O) groups excluding carboxylic acids is 2. The van der Waals surface area contributed by atoms with Crippen molar-refractivity contribution in [2.24, 2.45) is 5.92 Å². The molecule has 4 rings (SSSR count). The van der Waals surface area contributed by atoms with Crippen molar-refractivity contribution in [2.45, 2.75) is 44.7 Å². The fraction of sp³-hybridized carbons (Fsp3) is 0.278. The summed E-state index contributed by atoms with van der Waals surface area (Å²) in [5, 5.41) is 2.92. The van der Waals surface area contributed by atoms with Crippen LogP contribution in [0.15, 0.2) is 108 Å². The number of methoxy groups -OCH3 is 1. The van der Waals surface area contributed by atoms with Gasteiger partial charge in [-0.05, 0) is 48.7 Å². The number of hydrogen-bond donors (Lipinski definition) is 1. The van der Waals surface area contributed by atoms with Gasteiger partial charge in [0.2, 0.25) is 11.8 Å². The van der Waals surface area contributed by atoms with Crippen molar-refractivity contribution in [3.8, 4) is 5.75 Å². The molecular weight excluding hydrogens is 605 g/mol. The number of halogens is 1. The van der Waals surface area contributed by atoms with Gasteiger partial charge in [0.15, 0.2) is 0 Å². The molecule has 0 bridgehead atoms. The van der Waals surface area contributed by atoms with Crippen molar-refractivity contribution >= 4 is 27.5 Å². The molecule has 0 radical (unpaired) electrons. The van der Waals surface area contributed by atoms with Gasteiger partial charge >= 0.3 is 0 Å². The molecule has 10 heteroatoms. The van der Waals surface area contributed by atoms with Crippen LogP contribution < -0.4 is 14.4 Å². The molecule has 0 aliphatic heterocycles. The molecule has 0 unspecified atom stereocenters. The second kappa shape index (κ2) is 15.5. The lowest BCUT2D eigenvalue weighted by Crippen LogP contribution is -2.53. The zero-order chi connectivity index (χ0) is 33.3. The Hall–Kier alpha value is -4.70. The van der Waals surface area contributed by atoms with Gasteiger partial charge in [-0.2, -0.15) is 0 Å². The molecule has 0 fully saturated rings. The van der Waals surface area contributed by atoms with E-state index in [1.54, 1.807) is 48.5 Å². The third-order valence-corrected chi connectivity index (χ3v) is 9.27. The number of nitrogens with one attached hydrogen (secondary N) is 1. The highest BCUT2D eigenvalue weighted by Crippen LogP contribution is 2.28. The van der Waals surface area contributed by atoms with Crippen LogP contribution in [0.3, 0.4) is 0 Å². The Labute approximate surface area is 270 Å². The molecule has 8 nitrogen and oxygen atoms in total. The van der Waals surface area contributed by atoms with Crippen LogP contribution in [0.2, 0.25) is 0 Å². The minimum atomic E-state index is -4.28. The normalized spacial score (nSPS) is 12.0. The first-order valence-corrected chi connectivity index (χ1v) is 16.5. The molecule has 1 atom stereocenters. The van der Waals surface area contributed by atoms with E-state index in [1.807, 2.05) is 51.1 Å². The number of nitrogens with zero attached hydrogens (tertiary/aromatic N) is 2. The summed E-state index contributed by atoms with van der Waals surface area (Å²) >= 11 is 0. The maximum absolute atomic E-state index is 15.1. The predicted molar refractivity (Wildman–Crippen MR) is 177 cm³/mol. The first-order chi connectivity index (χ1) is 22.0. The molecular formula is C36H40FN3O5S. The zero-order valence-electron chi connectivity index (χ0n) is 26.5. The van der Waals surface area contributed by atoms with Gasteiger partial charge in [0, 0.05) is 31.1 Å². The Kier molecular flexibility index (Phi) is 11.5. The van der Waals surface area contributed by atoms with Gasteiger partial charge in [0.05, 0.1) is 17.7 Å². The van der Waals surface area contributed by atoms with E-state index in [0.717, 1.165) is 15.4 Å². The van der Waals surface area contributed by atoms with Crippen molar-refractivity contribution in [3.63, 3.8) is 0 Å². The lowest BCUT2D eigenvalue weighted by molar-refractivity contribution is -0.140. The molecule has 0 spiro atoms. The SMILES string of the molecule is COc1cccc(N(CC(=O)N(Cc2ccccc2F)[C@H](Cc2ccccc2)C(=O)NCC(C)C)S(=O)(=O)c2ccc(C)cc2)c1. The van der Waals surface area contributed by atoms with E-state index in [4.69, 9.17) is 4.74 Å². The van der Waals surface area contributed by atoms with Gasteiger partial charge in [0.1, 0.15) is 24.2 Å². The summed E-state index contributed by atoms with van der Waals surface area (Å²) in [6, 6.07) is 26.9. The van der Waals surface area contributed by atoms with Crippen LogP contribution in [0, 0.1) is 18.7 Å². The predicted octanol–water partition coefficient (Wildman–Crippen LogP) is 5.75. The molecule has 242 valence electrons. The van der Waals surface area contributed by atoms with Gasteiger partial charge in [0.25, 0.3) is 10.0 Å². The van der Waals surface area contributed by atoms with Gasteiger partial charge in [-0.15, -0.1) is 0 Å². The van der Waals surface area contributed by atoms with Gasteiger partial charge in [-0.25, -0.2) is 12.8 Å². The van der Waals surface area contributed by atoms with E-state index in [0.29, 0.717) is 12.3 Å². The second-order valence-corrected chi connectivity index (χ2v) is 13.3. The fourth-order valence-electron chi connectivity index (χ4n) is 4.92. The molecule has 0 saturated heterocycles. The van der Waals surface area contributed by atoms with Crippen molar-refractivity contribution < 1.29 is 27.1 Å². The van der Waals surface area contributed by atoms with Crippen molar-refractivity contribution in [1.29, 1.82) is 0 Å².